The van der Waals surface area contributed by atoms with Crippen LogP contribution in [0.2, 0.25) is 0 Å². The second kappa shape index (κ2) is 6.95. The Labute approximate surface area is 141 Å². The van der Waals surface area contributed by atoms with Crippen LogP contribution in [0.3, 0.4) is 0 Å². The van der Waals surface area contributed by atoms with Crippen molar-refractivity contribution in [3.05, 3.63) is 78.4 Å². The van der Waals surface area contributed by atoms with E-state index in [9.17, 15) is 0 Å². The van der Waals surface area contributed by atoms with E-state index >= 15 is 0 Å². The monoisotopic (exact) mass is 390 g/mol. The molecule has 100 valence electrons. The molecule has 3 aromatic rings. The molecule has 1 heterocycles. The number of hydrogen-bond acceptors (Lipinski definition) is 0. The van der Waals surface area contributed by atoms with Crippen LogP contribution in [-0.2, 0) is 0 Å². The predicted octanol–water partition coefficient (Wildman–Crippen LogP) is 2.68. The fraction of sp³-hybridized carbons (Fsp3) is 0.0556. The van der Waals surface area contributed by atoms with E-state index in [4.69, 9.17) is 0 Å². The van der Waals surface area contributed by atoms with E-state index in [1.54, 1.807) is 0 Å². The van der Waals surface area contributed by atoms with Crippen molar-refractivity contribution >= 4 is 11.3 Å². The zero-order valence-corrected chi connectivity index (χ0v) is 14.2. The molecular weight excluding hydrogens is 375 g/mol. The molecule has 3 rings (SSSR count). The van der Waals surface area contributed by atoms with E-state index in [-0.39, 0.29) is 24.0 Å². The molecule has 2 heteroatoms. The first kappa shape index (κ1) is 15.1. The molecule has 0 aliphatic heterocycles. The van der Waals surface area contributed by atoms with Gasteiger partial charge in [-0.2, -0.15) is 0 Å². The highest BCUT2D eigenvalue weighted by atomic mass is 127. The number of halogens is 1. The lowest BCUT2D eigenvalue weighted by Crippen LogP contribution is -3.00. The number of benzene rings is 2. The lowest BCUT2D eigenvalue weighted by molar-refractivity contribution is -0.00000366. The van der Waals surface area contributed by atoms with Gasteiger partial charge in [0.25, 0.3) is 0 Å². The Hall–Kier alpha value is -1.26. The van der Waals surface area contributed by atoms with Gasteiger partial charge < -0.3 is 24.0 Å². The molecule has 0 amide bonds. The number of rotatable bonds is 2. The first-order chi connectivity index (χ1) is 9.33. The van der Waals surface area contributed by atoms with Crippen molar-refractivity contribution in [2.75, 3.05) is 0 Å². The summed E-state index contributed by atoms with van der Waals surface area (Å²) in [7, 11) is 0. The molecule has 0 atom stereocenters. The SMILES string of the molecule is Cc1cc(-c2ccccc2)[s+]c(-c2ccccc2)c1.[I-]. The van der Waals surface area contributed by atoms with Gasteiger partial charge in [0.2, 0.25) is 21.1 Å². The lowest BCUT2D eigenvalue weighted by atomic mass is 10.1. The first-order valence-corrected chi connectivity index (χ1v) is 7.20. The number of hydrogen-bond donors (Lipinski definition) is 0. The molecule has 0 bridgehead atoms. The Bertz CT molecular complexity index is 621. The average Bonchev–Trinajstić information content (AvgIpc) is 2.48. The van der Waals surface area contributed by atoms with E-state index in [1.807, 2.05) is 11.3 Å². The van der Waals surface area contributed by atoms with Crippen molar-refractivity contribution in [2.24, 2.45) is 0 Å². The van der Waals surface area contributed by atoms with Gasteiger partial charge in [-0.05, 0) is 36.8 Å². The second-order valence-electron chi connectivity index (χ2n) is 4.60. The van der Waals surface area contributed by atoms with Gasteiger partial charge in [0.1, 0.15) is 0 Å². The van der Waals surface area contributed by atoms with Gasteiger partial charge in [-0.15, -0.1) is 0 Å². The van der Waals surface area contributed by atoms with Crippen molar-refractivity contribution in [1.82, 2.24) is 0 Å². The van der Waals surface area contributed by atoms with Crippen molar-refractivity contribution in [3.63, 3.8) is 0 Å². The van der Waals surface area contributed by atoms with Crippen LogP contribution in [0.4, 0.5) is 0 Å². The van der Waals surface area contributed by atoms with E-state index in [2.05, 4.69) is 79.7 Å². The Morgan fingerprint density at radius 2 is 1.05 bits per heavy atom. The summed E-state index contributed by atoms with van der Waals surface area (Å²) in [6, 6.07) is 25.7. The fourth-order valence-corrected chi connectivity index (χ4v) is 3.36. The minimum absolute atomic E-state index is 0. The van der Waals surface area contributed by atoms with Crippen molar-refractivity contribution in [1.29, 1.82) is 0 Å². The fourth-order valence-electron chi connectivity index (χ4n) is 2.12. The van der Waals surface area contributed by atoms with Gasteiger partial charge in [-0.3, -0.25) is 0 Å². The third kappa shape index (κ3) is 3.44. The average molecular weight is 390 g/mol. The number of aryl methyl sites for hydroxylation is 1. The molecule has 0 aliphatic carbocycles. The lowest BCUT2D eigenvalue weighted by Gasteiger charge is -1.97. The van der Waals surface area contributed by atoms with E-state index in [1.165, 1.54) is 26.4 Å². The topological polar surface area (TPSA) is 0 Å². The largest absolute Gasteiger partial charge is 1.00 e. The van der Waals surface area contributed by atoms with Crippen LogP contribution >= 0.6 is 11.3 Å². The highest BCUT2D eigenvalue weighted by molar-refractivity contribution is 7.18. The molecular formula is C18H15IS. The molecule has 0 radical (unpaired) electrons. The minimum atomic E-state index is 0. The van der Waals surface area contributed by atoms with E-state index in [0.717, 1.165) is 0 Å². The minimum Gasteiger partial charge on any atom is -1.00 e. The smallest absolute Gasteiger partial charge is 0.238 e. The third-order valence-corrected chi connectivity index (χ3v) is 4.20. The van der Waals surface area contributed by atoms with Crippen LogP contribution < -0.4 is 24.0 Å². The van der Waals surface area contributed by atoms with Gasteiger partial charge in [0.05, 0.1) is 0 Å². The standard InChI is InChI=1S/C18H15S.HI/c1-14-12-17(15-8-4-2-5-9-15)19-18(13-14)16-10-6-3-7-11-16;/h2-13H,1H3;1H/q+1;/p-1. The predicted molar refractivity (Wildman–Crippen MR) is 84.3 cm³/mol. The summed E-state index contributed by atoms with van der Waals surface area (Å²) in [5.41, 5.74) is 3.87. The van der Waals surface area contributed by atoms with Gasteiger partial charge in [0, 0.05) is 23.3 Å². The molecule has 0 unspecified atom stereocenters. The molecule has 0 aliphatic rings. The summed E-state index contributed by atoms with van der Waals surface area (Å²) in [6.07, 6.45) is 0. The molecule has 20 heavy (non-hydrogen) atoms. The molecule has 0 N–H and O–H groups in total. The Morgan fingerprint density at radius 1 is 0.650 bits per heavy atom. The van der Waals surface area contributed by atoms with Crippen LogP contribution in [-0.4, -0.2) is 0 Å². The molecule has 1 aromatic heterocycles. The first-order valence-electron chi connectivity index (χ1n) is 6.38. The normalized spacial score (nSPS) is 9.85. The zero-order valence-electron chi connectivity index (χ0n) is 11.2. The zero-order chi connectivity index (χ0) is 13.1. The van der Waals surface area contributed by atoms with E-state index < -0.39 is 0 Å². The van der Waals surface area contributed by atoms with Gasteiger partial charge in [-0.25, -0.2) is 0 Å². The molecule has 0 saturated carbocycles. The highest BCUT2D eigenvalue weighted by Crippen LogP contribution is 2.33. The Morgan fingerprint density at radius 3 is 1.45 bits per heavy atom. The van der Waals surface area contributed by atoms with Crippen molar-refractivity contribution in [3.8, 4) is 20.9 Å². The summed E-state index contributed by atoms with van der Waals surface area (Å²) in [6.45, 7) is 2.16. The summed E-state index contributed by atoms with van der Waals surface area (Å²) in [5, 5.41) is 0. The highest BCUT2D eigenvalue weighted by Gasteiger charge is 2.16. The molecule has 0 fully saturated rings. The molecule has 0 spiro atoms. The summed E-state index contributed by atoms with van der Waals surface area (Å²) in [4.78, 5) is 2.64. The van der Waals surface area contributed by atoms with Crippen LogP contribution in [0.15, 0.2) is 72.8 Å². The van der Waals surface area contributed by atoms with Crippen LogP contribution in [0.25, 0.3) is 20.9 Å². The maximum Gasteiger partial charge on any atom is 0.238 e. The van der Waals surface area contributed by atoms with Crippen LogP contribution in [0.5, 0.6) is 0 Å². The molecule has 2 aromatic carbocycles. The maximum absolute atomic E-state index is 2.26. The van der Waals surface area contributed by atoms with Gasteiger partial charge in [-0.1, -0.05) is 36.4 Å². The summed E-state index contributed by atoms with van der Waals surface area (Å²) < 4.78 is 0. The van der Waals surface area contributed by atoms with Crippen LogP contribution in [0.1, 0.15) is 5.56 Å². The van der Waals surface area contributed by atoms with Crippen LogP contribution in [0, 0.1) is 6.92 Å². The van der Waals surface area contributed by atoms with E-state index in [0.29, 0.717) is 0 Å². The second-order valence-corrected chi connectivity index (χ2v) is 5.68. The summed E-state index contributed by atoms with van der Waals surface area (Å²) in [5.74, 6) is 0. The van der Waals surface area contributed by atoms with Gasteiger partial charge in [0.15, 0.2) is 0 Å². The molecule has 0 nitrogen and oxygen atoms in total. The van der Waals surface area contributed by atoms with Gasteiger partial charge >= 0.3 is 0 Å². The Kier molecular flexibility index (Phi) is 5.26. The Balaban J connectivity index is 0.00000147. The summed E-state index contributed by atoms with van der Waals surface area (Å²) >= 11 is 1.84. The third-order valence-electron chi connectivity index (χ3n) is 3.05. The maximum atomic E-state index is 2.26. The quantitative estimate of drug-likeness (QED) is 0.466. The molecule has 0 saturated heterocycles. The van der Waals surface area contributed by atoms with Crippen molar-refractivity contribution in [2.45, 2.75) is 6.92 Å². The van der Waals surface area contributed by atoms with Crippen molar-refractivity contribution < 1.29 is 24.0 Å².